The molecule has 5 aromatic rings. The van der Waals surface area contributed by atoms with E-state index in [9.17, 15) is 18.4 Å². The van der Waals surface area contributed by atoms with E-state index in [0.717, 1.165) is 10.7 Å². The minimum absolute atomic E-state index is 0.0475. The summed E-state index contributed by atoms with van der Waals surface area (Å²) in [6.45, 7) is 4.05. The minimum Gasteiger partial charge on any atom is -0.455 e. The molecule has 254 valence electrons. The number of nitrogens with zero attached hydrogens (tertiary/aromatic N) is 2. The second kappa shape index (κ2) is 17.3. The number of fused-ring (bicyclic) bond motifs is 1. The second-order valence-electron chi connectivity index (χ2n) is 10.2. The normalized spacial score (nSPS) is 10.4. The maximum Gasteiger partial charge on any atom is 0.270 e. The summed E-state index contributed by atoms with van der Waals surface area (Å²) in [5.41, 5.74) is 10.7. The van der Waals surface area contributed by atoms with Gasteiger partial charge < -0.3 is 24.5 Å². The highest BCUT2D eigenvalue weighted by atomic mass is 32.2. The average molecular weight is 678 g/mol. The van der Waals surface area contributed by atoms with E-state index < -0.39 is 11.7 Å². The molecule has 2 amide bonds. The number of hydrazine groups is 1. The lowest BCUT2D eigenvalue weighted by atomic mass is 9.96. The maximum absolute atomic E-state index is 13.7. The Bertz CT molecular complexity index is 1850. The van der Waals surface area contributed by atoms with Crippen LogP contribution in [0.25, 0.3) is 33.4 Å². The van der Waals surface area contributed by atoms with E-state index in [1.165, 1.54) is 43.3 Å². The van der Waals surface area contributed by atoms with Gasteiger partial charge in [-0.25, -0.2) is 14.6 Å². The molecule has 0 aliphatic heterocycles. The Kier molecular flexibility index (Phi) is 13.5. The Labute approximate surface area is 283 Å². The first kappa shape index (κ1) is 37.5. The molecule has 5 rings (SSSR count). The van der Waals surface area contributed by atoms with E-state index in [4.69, 9.17) is 16.0 Å². The number of halogens is 2. The third-order valence-corrected chi connectivity index (χ3v) is 7.85. The molecule has 48 heavy (non-hydrogen) atoms. The number of amides is 2. The van der Waals surface area contributed by atoms with Crippen molar-refractivity contribution >= 4 is 46.1 Å². The zero-order valence-electron chi connectivity index (χ0n) is 28.1. The fourth-order valence-corrected chi connectivity index (χ4v) is 5.15. The third kappa shape index (κ3) is 8.51. The van der Waals surface area contributed by atoms with Gasteiger partial charge >= 0.3 is 0 Å². The van der Waals surface area contributed by atoms with Crippen molar-refractivity contribution in [1.29, 1.82) is 0 Å². The number of ether oxygens (including phenoxy) is 1. The number of furan rings is 1. The van der Waals surface area contributed by atoms with Gasteiger partial charge in [0, 0.05) is 62.8 Å². The Morgan fingerprint density at radius 3 is 2.04 bits per heavy atom. The predicted molar refractivity (Wildman–Crippen MR) is 192 cm³/mol. The molecule has 0 radical (unpaired) electrons. The highest BCUT2D eigenvalue weighted by Gasteiger charge is 2.25. The van der Waals surface area contributed by atoms with Crippen LogP contribution in [0.15, 0.2) is 83.3 Å². The van der Waals surface area contributed by atoms with Crippen molar-refractivity contribution in [2.75, 3.05) is 44.6 Å². The predicted octanol–water partition coefficient (Wildman–Crippen LogP) is 7.51. The lowest BCUT2D eigenvalue weighted by Crippen LogP contribution is -2.37. The van der Waals surface area contributed by atoms with Crippen molar-refractivity contribution in [2.24, 2.45) is 5.84 Å². The van der Waals surface area contributed by atoms with Crippen molar-refractivity contribution in [3.05, 3.63) is 107 Å². The highest BCUT2D eigenvalue weighted by Crippen LogP contribution is 2.42. The summed E-state index contributed by atoms with van der Waals surface area (Å²) in [4.78, 5) is 26.6. The molecule has 1 aromatic heterocycles. The molecule has 0 unspecified atom stereocenters. The molecule has 1 heterocycles. The van der Waals surface area contributed by atoms with Crippen molar-refractivity contribution in [2.45, 2.75) is 20.4 Å². The summed E-state index contributed by atoms with van der Waals surface area (Å²) in [6.07, 6.45) is 1.91. The van der Waals surface area contributed by atoms with Crippen LogP contribution in [-0.4, -0.2) is 51.4 Å². The molecule has 0 spiro atoms. The molecule has 5 N–H and O–H groups in total. The quantitative estimate of drug-likeness (QED) is 0.0507. The largest absolute Gasteiger partial charge is 0.455 e. The van der Waals surface area contributed by atoms with Gasteiger partial charge in [0.1, 0.15) is 23.0 Å². The summed E-state index contributed by atoms with van der Waals surface area (Å²) in [6, 6.07) is 20.1. The molecule has 4 aromatic carbocycles. The molecular weight excluding hydrogens is 636 g/mol. The topological polar surface area (TPSA) is 127 Å². The number of methoxy groups -OCH3 is 1. The summed E-state index contributed by atoms with van der Waals surface area (Å²) < 4.78 is 39.4. The van der Waals surface area contributed by atoms with Crippen molar-refractivity contribution < 1.29 is 27.5 Å². The average Bonchev–Trinajstić information content (AvgIpc) is 3.48. The number of carbonyl (C=O) groups excluding carboxylic acids is 2. The number of rotatable bonds is 8. The number of nitrogens with two attached hydrogens (primary N) is 2. The number of hydrogen-bond donors (Lipinski definition) is 3. The number of anilines is 2. The standard InChI is InChI=1S/C32H29F2N5O3S.C2H6O.C2H6/c1-37-31(40)29-25-15-23(27(38(2)43-3)16-28(25)42-30(29)19-6-11-22(34)12-7-19)20-8-13-26(35)24(14-20)32(41)39(36)17-18-4-9-21(33)10-5-18;1-3-2;1-2/h4-16H,17,35-36H2,1-3H3,(H,37,40);1-2H3;1-2H3. The SMILES string of the molecule is CC.CNC(=O)c1c(-c2ccc(F)cc2)oc2cc(N(C)SC)c(-c3ccc(N)c(C(=O)N(N)Cc4ccc(F)cc4)c3)cc12.COC. The van der Waals surface area contributed by atoms with Gasteiger partial charge in [-0.3, -0.25) is 14.6 Å². The molecule has 0 aliphatic carbocycles. The molecule has 9 nitrogen and oxygen atoms in total. The molecule has 12 heteroatoms. The lowest BCUT2D eigenvalue weighted by Gasteiger charge is -2.21. The Balaban J connectivity index is 0.00000118. The fraction of sp³-hybridized carbons (Fsp3) is 0.222. The monoisotopic (exact) mass is 677 g/mol. The Morgan fingerprint density at radius 1 is 0.917 bits per heavy atom. The van der Waals surface area contributed by atoms with Crippen LogP contribution in [-0.2, 0) is 11.3 Å². The van der Waals surface area contributed by atoms with Gasteiger partial charge in [-0.15, -0.1) is 0 Å². The number of benzene rings is 4. The molecule has 0 fully saturated rings. The third-order valence-electron chi connectivity index (χ3n) is 7.10. The van der Waals surface area contributed by atoms with Crippen LogP contribution in [0.5, 0.6) is 0 Å². The first-order valence-electron chi connectivity index (χ1n) is 15.0. The van der Waals surface area contributed by atoms with Crippen LogP contribution in [0.1, 0.15) is 40.1 Å². The first-order valence-corrected chi connectivity index (χ1v) is 16.2. The van der Waals surface area contributed by atoms with Gasteiger partial charge in [-0.05, 0) is 65.7 Å². The number of nitrogens with one attached hydrogen (secondary N) is 1. The van der Waals surface area contributed by atoms with Crippen molar-refractivity contribution in [1.82, 2.24) is 10.3 Å². The summed E-state index contributed by atoms with van der Waals surface area (Å²) in [5.74, 6) is 4.75. The minimum atomic E-state index is -0.516. The van der Waals surface area contributed by atoms with Gasteiger partial charge in [0.05, 0.1) is 23.4 Å². The highest BCUT2D eigenvalue weighted by molar-refractivity contribution is 7.99. The van der Waals surface area contributed by atoms with Crippen LogP contribution in [0.3, 0.4) is 0 Å². The van der Waals surface area contributed by atoms with E-state index in [1.54, 1.807) is 56.7 Å². The molecule has 0 atom stereocenters. The Hall–Kier alpha value is -4.91. The van der Waals surface area contributed by atoms with E-state index in [1.807, 2.05) is 43.6 Å². The van der Waals surface area contributed by atoms with Crippen LogP contribution in [0.4, 0.5) is 20.2 Å². The van der Waals surface area contributed by atoms with Gasteiger partial charge in [-0.1, -0.05) is 44.0 Å². The van der Waals surface area contributed by atoms with Gasteiger partial charge in [0.2, 0.25) is 0 Å². The summed E-state index contributed by atoms with van der Waals surface area (Å²) >= 11 is 1.46. The molecule has 0 saturated heterocycles. The van der Waals surface area contributed by atoms with E-state index in [-0.39, 0.29) is 29.5 Å². The lowest BCUT2D eigenvalue weighted by molar-refractivity contribution is 0.0744. The van der Waals surface area contributed by atoms with E-state index in [0.29, 0.717) is 44.5 Å². The van der Waals surface area contributed by atoms with E-state index >= 15 is 0 Å². The fourth-order valence-electron chi connectivity index (χ4n) is 4.80. The molecule has 0 aliphatic rings. The van der Waals surface area contributed by atoms with Crippen LogP contribution in [0, 0.1) is 11.6 Å². The first-order chi connectivity index (χ1) is 23.0. The number of carbonyl (C=O) groups is 2. The van der Waals surface area contributed by atoms with Crippen molar-refractivity contribution in [3.8, 4) is 22.5 Å². The van der Waals surface area contributed by atoms with Gasteiger partial charge in [0.25, 0.3) is 11.8 Å². The zero-order chi connectivity index (χ0) is 35.5. The number of nitrogen functional groups attached to an aromatic ring is 1. The summed E-state index contributed by atoms with van der Waals surface area (Å²) in [7, 11) is 6.65. The summed E-state index contributed by atoms with van der Waals surface area (Å²) in [5, 5.41) is 4.23. The van der Waals surface area contributed by atoms with Crippen LogP contribution < -0.4 is 21.2 Å². The van der Waals surface area contributed by atoms with Gasteiger partial charge in [0.15, 0.2) is 0 Å². The second-order valence-corrected chi connectivity index (χ2v) is 11.1. The van der Waals surface area contributed by atoms with Crippen molar-refractivity contribution in [3.63, 3.8) is 0 Å². The molecule has 0 saturated carbocycles. The Morgan fingerprint density at radius 2 is 1.48 bits per heavy atom. The van der Waals surface area contributed by atoms with E-state index in [2.05, 4.69) is 10.1 Å². The van der Waals surface area contributed by atoms with Gasteiger partial charge in [-0.2, -0.15) is 0 Å². The number of hydrogen-bond acceptors (Lipinski definition) is 8. The maximum atomic E-state index is 13.7. The molecule has 0 bridgehead atoms. The van der Waals surface area contributed by atoms with Crippen LogP contribution in [0.2, 0.25) is 0 Å². The zero-order valence-corrected chi connectivity index (χ0v) is 28.9. The molecular formula is C36H41F2N5O4S. The van der Waals surface area contributed by atoms with Crippen LogP contribution >= 0.6 is 11.9 Å². The smallest absolute Gasteiger partial charge is 0.270 e.